The van der Waals surface area contributed by atoms with Crippen molar-refractivity contribution in [1.82, 2.24) is 5.32 Å². The Morgan fingerprint density at radius 1 is 1.26 bits per heavy atom. The van der Waals surface area contributed by atoms with Crippen LogP contribution in [0.3, 0.4) is 0 Å². The van der Waals surface area contributed by atoms with Gasteiger partial charge in [-0.25, -0.2) is 0 Å². The molecule has 0 unspecified atom stereocenters. The summed E-state index contributed by atoms with van der Waals surface area (Å²) in [5, 5.41) is 3.35. The first-order chi connectivity index (χ1) is 11.0. The number of nitrogens with zero attached hydrogens (tertiary/aromatic N) is 1. The van der Waals surface area contributed by atoms with Crippen LogP contribution in [0, 0.1) is 6.92 Å². The van der Waals surface area contributed by atoms with Gasteiger partial charge in [0.1, 0.15) is 5.76 Å². The number of carbonyl (C=O) groups excluding carboxylic acids is 2. The minimum atomic E-state index is -0.146. The molecule has 1 heterocycles. The van der Waals surface area contributed by atoms with Gasteiger partial charge in [-0.3, -0.25) is 9.59 Å². The summed E-state index contributed by atoms with van der Waals surface area (Å²) >= 11 is 6.10. The number of halogens is 1. The maximum absolute atomic E-state index is 11.9. The number of anilines is 1. The van der Waals surface area contributed by atoms with Crippen LogP contribution >= 0.6 is 11.6 Å². The van der Waals surface area contributed by atoms with Crippen molar-refractivity contribution in [2.24, 2.45) is 0 Å². The molecule has 0 radical (unpaired) electrons. The molecule has 2 rings (SSSR count). The fourth-order valence-corrected chi connectivity index (χ4v) is 2.41. The lowest BCUT2D eigenvalue weighted by atomic mass is 10.1. The Morgan fingerprint density at radius 3 is 2.70 bits per heavy atom. The molecule has 0 aliphatic heterocycles. The first kappa shape index (κ1) is 17.1. The molecular formula is C17H19ClN2O3. The van der Waals surface area contributed by atoms with Crippen LogP contribution in [0.4, 0.5) is 5.69 Å². The number of carbonyl (C=O) groups is 2. The lowest BCUT2D eigenvalue weighted by Gasteiger charge is -2.23. The molecular weight excluding hydrogens is 316 g/mol. The first-order valence-electron chi connectivity index (χ1n) is 7.31. The van der Waals surface area contributed by atoms with Crippen LogP contribution in [0.25, 0.3) is 0 Å². The molecule has 0 spiro atoms. The second kappa shape index (κ2) is 7.83. The van der Waals surface area contributed by atoms with Gasteiger partial charge in [0.2, 0.25) is 11.8 Å². The smallest absolute Gasteiger partial charge is 0.223 e. The molecule has 0 saturated heterocycles. The van der Waals surface area contributed by atoms with Crippen LogP contribution in [0.5, 0.6) is 0 Å². The molecule has 0 saturated carbocycles. The van der Waals surface area contributed by atoms with Gasteiger partial charge in [0.25, 0.3) is 0 Å². The van der Waals surface area contributed by atoms with Gasteiger partial charge < -0.3 is 14.6 Å². The second-order valence-corrected chi connectivity index (χ2v) is 5.57. The van der Waals surface area contributed by atoms with Gasteiger partial charge in [0.05, 0.1) is 12.8 Å². The highest BCUT2D eigenvalue weighted by atomic mass is 35.5. The van der Waals surface area contributed by atoms with Gasteiger partial charge in [-0.15, -0.1) is 0 Å². The fraction of sp³-hybridized carbons (Fsp3) is 0.294. The van der Waals surface area contributed by atoms with Crippen molar-refractivity contribution in [2.45, 2.75) is 26.8 Å². The van der Waals surface area contributed by atoms with Crippen molar-refractivity contribution >= 4 is 29.1 Å². The summed E-state index contributed by atoms with van der Waals surface area (Å²) in [5.74, 6) is 0.411. The van der Waals surface area contributed by atoms with Crippen LogP contribution in [-0.2, 0) is 16.1 Å². The van der Waals surface area contributed by atoms with Gasteiger partial charge >= 0.3 is 0 Å². The molecule has 0 fully saturated rings. The largest absolute Gasteiger partial charge is 0.467 e. The van der Waals surface area contributed by atoms with E-state index in [9.17, 15) is 9.59 Å². The summed E-state index contributed by atoms with van der Waals surface area (Å²) in [6.07, 6.45) is 1.76. The van der Waals surface area contributed by atoms with Crippen molar-refractivity contribution in [3.05, 3.63) is 52.9 Å². The highest BCUT2D eigenvalue weighted by Gasteiger charge is 2.16. The Kier molecular flexibility index (Phi) is 5.82. The third-order valence-corrected chi connectivity index (χ3v) is 3.92. The quantitative estimate of drug-likeness (QED) is 0.881. The summed E-state index contributed by atoms with van der Waals surface area (Å²) in [5.41, 5.74) is 1.55. The molecule has 0 aliphatic rings. The molecule has 23 heavy (non-hydrogen) atoms. The number of rotatable bonds is 6. The van der Waals surface area contributed by atoms with E-state index in [0.717, 1.165) is 11.3 Å². The molecule has 6 heteroatoms. The van der Waals surface area contributed by atoms with E-state index in [1.165, 1.54) is 6.92 Å². The number of furan rings is 1. The van der Waals surface area contributed by atoms with Crippen molar-refractivity contribution < 1.29 is 14.0 Å². The highest BCUT2D eigenvalue weighted by molar-refractivity contribution is 6.31. The monoisotopic (exact) mass is 334 g/mol. The van der Waals surface area contributed by atoms with E-state index in [4.69, 9.17) is 16.0 Å². The number of hydrogen-bond donors (Lipinski definition) is 1. The van der Waals surface area contributed by atoms with E-state index in [2.05, 4.69) is 5.32 Å². The van der Waals surface area contributed by atoms with Gasteiger partial charge in [0.15, 0.2) is 0 Å². The summed E-state index contributed by atoms with van der Waals surface area (Å²) in [6.45, 7) is 3.95. The predicted octanol–water partition coefficient (Wildman–Crippen LogP) is 3.30. The minimum Gasteiger partial charge on any atom is -0.467 e. The van der Waals surface area contributed by atoms with Crippen molar-refractivity contribution in [3.63, 3.8) is 0 Å². The maximum atomic E-state index is 11.9. The van der Waals surface area contributed by atoms with Crippen molar-refractivity contribution in [2.75, 3.05) is 11.4 Å². The highest BCUT2D eigenvalue weighted by Crippen LogP contribution is 2.26. The Labute approximate surface area is 140 Å². The third-order valence-electron chi connectivity index (χ3n) is 3.51. The number of nitrogens with one attached hydrogen (secondary N) is 1. The van der Waals surface area contributed by atoms with Crippen LogP contribution in [0.1, 0.15) is 24.7 Å². The number of amides is 2. The lowest BCUT2D eigenvalue weighted by molar-refractivity contribution is -0.121. The predicted molar refractivity (Wildman–Crippen MR) is 89.4 cm³/mol. The van der Waals surface area contributed by atoms with Crippen molar-refractivity contribution in [1.29, 1.82) is 0 Å². The molecule has 0 aliphatic carbocycles. The minimum absolute atomic E-state index is 0.130. The molecule has 1 aromatic carbocycles. The van der Waals surface area contributed by atoms with E-state index in [-0.39, 0.29) is 18.2 Å². The molecule has 0 atom stereocenters. The van der Waals surface area contributed by atoms with Gasteiger partial charge in [-0.05, 0) is 36.8 Å². The van der Waals surface area contributed by atoms with E-state index < -0.39 is 0 Å². The summed E-state index contributed by atoms with van der Waals surface area (Å²) in [7, 11) is 0. The average molecular weight is 335 g/mol. The Hall–Kier alpha value is -2.27. The zero-order valence-electron chi connectivity index (χ0n) is 13.1. The number of benzene rings is 1. The molecule has 1 aromatic heterocycles. The maximum Gasteiger partial charge on any atom is 0.223 e. The Balaban J connectivity index is 1.96. The SMILES string of the molecule is CC(=O)N(CCC(=O)NCc1ccco1)c1cccc(Cl)c1C. The van der Waals surface area contributed by atoms with Crippen LogP contribution in [-0.4, -0.2) is 18.4 Å². The standard InChI is InChI=1S/C17H19ClN2O3/c1-12-15(18)6-3-7-16(12)20(13(2)21)9-8-17(22)19-11-14-5-4-10-23-14/h3-7,10H,8-9,11H2,1-2H3,(H,19,22). The Morgan fingerprint density at radius 2 is 2.04 bits per heavy atom. The second-order valence-electron chi connectivity index (χ2n) is 5.16. The molecule has 5 nitrogen and oxygen atoms in total. The van der Waals surface area contributed by atoms with Gasteiger partial charge in [-0.1, -0.05) is 17.7 Å². The van der Waals surface area contributed by atoms with Crippen LogP contribution in [0.15, 0.2) is 41.0 Å². The molecule has 122 valence electrons. The van der Waals surface area contributed by atoms with Crippen molar-refractivity contribution in [3.8, 4) is 0 Å². The van der Waals surface area contributed by atoms with Gasteiger partial charge in [-0.2, -0.15) is 0 Å². The summed E-state index contributed by atoms with van der Waals surface area (Å²) in [4.78, 5) is 25.4. The lowest BCUT2D eigenvalue weighted by Crippen LogP contribution is -2.34. The summed E-state index contributed by atoms with van der Waals surface area (Å²) in [6, 6.07) is 8.94. The normalized spacial score (nSPS) is 10.4. The molecule has 0 bridgehead atoms. The van der Waals surface area contributed by atoms with Crippen LogP contribution in [0.2, 0.25) is 5.02 Å². The third kappa shape index (κ3) is 4.60. The van der Waals surface area contributed by atoms with E-state index in [0.29, 0.717) is 23.9 Å². The Bertz CT molecular complexity index is 683. The average Bonchev–Trinajstić information content (AvgIpc) is 3.02. The topological polar surface area (TPSA) is 62.6 Å². The zero-order valence-corrected chi connectivity index (χ0v) is 13.9. The summed E-state index contributed by atoms with van der Waals surface area (Å²) < 4.78 is 5.15. The zero-order chi connectivity index (χ0) is 16.8. The van der Waals surface area contributed by atoms with Gasteiger partial charge in [0, 0.05) is 30.6 Å². The number of hydrogen-bond acceptors (Lipinski definition) is 3. The fourth-order valence-electron chi connectivity index (χ4n) is 2.24. The molecule has 2 amide bonds. The van der Waals surface area contributed by atoms with E-state index in [1.54, 1.807) is 35.4 Å². The first-order valence-corrected chi connectivity index (χ1v) is 7.69. The van der Waals surface area contributed by atoms with E-state index in [1.807, 2.05) is 13.0 Å². The molecule has 2 aromatic rings. The van der Waals surface area contributed by atoms with Crippen LogP contribution < -0.4 is 10.2 Å². The molecule has 1 N–H and O–H groups in total. The van der Waals surface area contributed by atoms with E-state index >= 15 is 0 Å².